The average molecular weight is 204 g/mol. The maximum atomic E-state index is 11.6. The molecule has 0 aromatic heterocycles. The third kappa shape index (κ3) is 2.53. The van der Waals surface area contributed by atoms with Gasteiger partial charge in [0, 0.05) is 0 Å². The molecule has 0 saturated heterocycles. The van der Waals surface area contributed by atoms with Crippen LogP contribution in [-0.4, -0.2) is 9.17 Å². The fourth-order valence-electron chi connectivity index (χ4n) is 0. The van der Waals surface area contributed by atoms with Crippen LogP contribution in [0.2, 0.25) is 0 Å². The van der Waals surface area contributed by atoms with Gasteiger partial charge in [-0.25, -0.2) is 0 Å². The first kappa shape index (κ1) is 9.02. The summed E-state index contributed by atoms with van der Waals surface area (Å²) in [6.45, 7) is 0. The first-order valence-corrected chi connectivity index (χ1v) is 2.90. The Morgan fingerprint density at radius 2 is 1.00 bits per heavy atom. The van der Waals surface area contributed by atoms with Crippen LogP contribution in [0.15, 0.2) is 0 Å². The standard InChI is InChI=1S/C2Cl4F2/c3-1(4,5)2(6,7)8. The molecule has 0 aliphatic rings. The molecule has 0 aromatic carbocycles. The number of rotatable bonds is 0. The van der Waals surface area contributed by atoms with E-state index in [-0.39, 0.29) is 0 Å². The molecule has 0 atom stereocenters. The normalized spacial score (nSPS) is 14.2. The minimum absolute atomic E-state index is 2.71. The highest BCUT2D eigenvalue weighted by molar-refractivity contribution is 6.70. The van der Waals surface area contributed by atoms with Gasteiger partial charge in [0.25, 0.3) is 3.79 Å². The van der Waals surface area contributed by atoms with Gasteiger partial charge >= 0.3 is 5.38 Å². The molecule has 50 valence electrons. The number of alkyl halides is 6. The largest absolute Gasteiger partial charge is 0.368 e. The number of hydrogen-bond acceptors (Lipinski definition) is 0. The molecule has 0 nitrogen and oxygen atoms in total. The van der Waals surface area contributed by atoms with Crippen molar-refractivity contribution in [3.8, 4) is 0 Å². The predicted molar refractivity (Wildman–Crippen MR) is 31.1 cm³/mol. The van der Waals surface area contributed by atoms with E-state index in [1.165, 1.54) is 0 Å². The molecule has 8 heavy (non-hydrogen) atoms. The summed E-state index contributed by atoms with van der Waals surface area (Å²) in [4.78, 5) is 0. The second-order valence-electron chi connectivity index (χ2n) is 0.996. The highest BCUT2D eigenvalue weighted by atomic mass is 35.6. The van der Waals surface area contributed by atoms with Gasteiger partial charge in [0.05, 0.1) is 0 Å². The van der Waals surface area contributed by atoms with Crippen LogP contribution in [0.1, 0.15) is 0 Å². The first-order chi connectivity index (χ1) is 3.25. The Hall–Kier alpha value is 1.02. The molecule has 0 radical (unpaired) electrons. The van der Waals surface area contributed by atoms with Crippen LogP contribution in [0.3, 0.4) is 0 Å². The molecule has 0 saturated carbocycles. The smallest absolute Gasteiger partial charge is 0.183 e. The van der Waals surface area contributed by atoms with E-state index in [0.29, 0.717) is 0 Å². The van der Waals surface area contributed by atoms with Gasteiger partial charge in [-0.05, 0) is 11.6 Å². The molecule has 0 aliphatic heterocycles. The summed E-state index contributed by atoms with van der Waals surface area (Å²) in [5.74, 6) is 0. The van der Waals surface area contributed by atoms with Crippen molar-refractivity contribution in [3.63, 3.8) is 0 Å². The fourth-order valence-corrected chi connectivity index (χ4v) is 0. The summed E-state index contributed by atoms with van der Waals surface area (Å²) in [7, 11) is 0. The summed E-state index contributed by atoms with van der Waals surface area (Å²) in [5, 5.41) is -3.79. The minimum Gasteiger partial charge on any atom is -0.183 e. The number of halogens is 6. The van der Waals surface area contributed by atoms with E-state index in [4.69, 9.17) is 0 Å². The lowest BCUT2D eigenvalue weighted by atomic mass is 10.8. The lowest BCUT2D eigenvalue weighted by molar-refractivity contribution is 0.101. The first-order valence-electron chi connectivity index (χ1n) is 1.38. The average Bonchev–Trinajstić information content (AvgIpc) is 1.25. The van der Waals surface area contributed by atoms with Crippen LogP contribution in [0.5, 0.6) is 0 Å². The third-order valence-corrected chi connectivity index (χ3v) is 1.61. The van der Waals surface area contributed by atoms with Crippen molar-refractivity contribution in [1.82, 2.24) is 0 Å². The Morgan fingerprint density at radius 3 is 1.00 bits per heavy atom. The van der Waals surface area contributed by atoms with Gasteiger partial charge in [-0.3, -0.25) is 0 Å². The van der Waals surface area contributed by atoms with Gasteiger partial charge < -0.3 is 0 Å². The predicted octanol–water partition coefficient (Wildman–Crippen LogP) is 3.19. The van der Waals surface area contributed by atoms with Gasteiger partial charge in [-0.15, -0.1) is 0 Å². The fraction of sp³-hybridized carbons (Fsp3) is 1.00. The van der Waals surface area contributed by atoms with E-state index in [1.54, 1.807) is 0 Å². The molecule has 0 spiro atoms. The topological polar surface area (TPSA) is 0 Å². The molecule has 0 aliphatic carbocycles. The third-order valence-electron chi connectivity index (χ3n) is 0.321. The van der Waals surface area contributed by atoms with Crippen LogP contribution in [0.4, 0.5) is 8.78 Å². The molecule has 0 bridgehead atoms. The zero-order valence-corrected chi connectivity index (χ0v) is 6.29. The Kier molecular flexibility index (Phi) is 2.63. The van der Waals surface area contributed by atoms with Crippen molar-refractivity contribution in [1.29, 1.82) is 0 Å². The quantitative estimate of drug-likeness (QED) is 0.531. The van der Waals surface area contributed by atoms with E-state index in [2.05, 4.69) is 46.4 Å². The van der Waals surface area contributed by atoms with Crippen molar-refractivity contribution < 1.29 is 8.78 Å². The minimum atomic E-state index is -3.79. The van der Waals surface area contributed by atoms with E-state index in [9.17, 15) is 8.78 Å². The Balaban J connectivity index is 4.02. The maximum absolute atomic E-state index is 11.6. The highest BCUT2D eigenvalue weighted by Crippen LogP contribution is 2.44. The molecular weight excluding hydrogens is 204 g/mol. The van der Waals surface area contributed by atoms with Crippen molar-refractivity contribution in [2.45, 2.75) is 9.17 Å². The van der Waals surface area contributed by atoms with Crippen LogP contribution < -0.4 is 0 Å². The van der Waals surface area contributed by atoms with E-state index < -0.39 is 9.17 Å². The highest BCUT2D eigenvalue weighted by Gasteiger charge is 2.48. The molecule has 0 heterocycles. The second-order valence-corrected chi connectivity index (χ2v) is 3.75. The summed E-state index contributed by atoms with van der Waals surface area (Å²) in [6.07, 6.45) is 0. The Labute approximate surface area is 64.6 Å². The molecule has 0 rings (SSSR count). The lowest BCUT2D eigenvalue weighted by Gasteiger charge is -2.15. The zero-order valence-electron chi connectivity index (χ0n) is 3.27. The van der Waals surface area contributed by atoms with Crippen molar-refractivity contribution in [3.05, 3.63) is 0 Å². The summed E-state index contributed by atoms with van der Waals surface area (Å²) >= 11 is 18.3. The van der Waals surface area contributed by atoms with Gasteiger partial charge in [-0.2, -0.15) is 8.78 Å². The zero-order chi connectivity index (χ0) is 7.00. The van der Waals surface area contributed by atoms with Crippen LogP contribution in [0.25, 0.3) is 0 Å². The SMILES string of the molecule is FC(F)(Cl)C(Cl)(Cl)Cl. The maximum Gasteiger partial charge on any atom is 0.368 e. The van der Waals surface area contributed by atoms with Gasteiger partial charge in [0.1, 0.15) is 0 Å². The summed E-state index contributed by atoms with van der Waals surface area (Å²) in [5.41, 5.74) is 0. The second kappa shape index (κ2) is 2.33. The van der Waals surface area contributed by atoms with Crippen molar-refractivity contribution >= 4 is 46.4 Å². The Morgan fingerprint density at radius 1 is 0.875 bits per heavy atom. The molecule has 0 N–H and O–H groups in total. The molecule has 0 unspecified atom stereocenters. The summed E-state index contributed by atoms with van der Waals surface area (Å²) in [6, 6.07) is 0. The van der Waals surface area contributed by atoms with Gasteiger partial charge in [0.15, 0.2) is 0 Å². The van der Waals surface area contributed by atoms with E-state index in [1.807, 2.05) is 0 Å². The number of hydrogen-bond donors (Lipinski definition) is 0. The molecule has 0 aromatic rings. The van der Waals surface area contributed by atoms with E-state index in [0.717, 1.165) is 0 Å². The van der Waals surface area contributed by atoms with Crippen molar-refractivity contribution in [2.24, 2.45) is 0 Å². The molecule has 0 amide bonds. The molecule has 0 fully saturated rings. The summed E-state index contributed by atoms with van der Waals surface area (Å²) < 4.78 is 20.5. The van der Waals surface area contributed by atoms with E-state index >= 15 is 0 Å². The van der Waals surface area contributed by atoms with Gasteiger partial charge in [0.2, 0.25) is 0 Å². The van der Waals surface area contributed by atoms with Crippen molar-refractivity contribution in [2.75, 3.05) is 0 Å². The Bertz CT molecular complexity index is 67.0. The van der Waals surface area contributed by atoms with Crippen LogP contribution in [0, 0.1) is 0 Å². The molecular formula is C2Cl4F2. The monoisotopic (exact) mass is 202 g/mol. The van der Waals surface area contributed by atoms with Crippen LogP contribution in [-0.2, 0) is 0 Å². The van der Waals surface area contributed by atoms with Gasteiger partial charge in [-0.1, -0.05) is 34.8 Å². The lowest BCUT2D eigenvalue weighted by Crippen LogP contribution is -2.26. The molecule has 6 heteroatoms. The van der Waals surface area contributed by atoms with Crippen LogP contribution >= 0.6 is 46.4 Å².